The minimum atomic E-state index is 0.133. The lowest BCUT2D eigenvalue weighted by molar-refractivity contribution is -0.125. The van der Waals surface area contributed by atoms with Gasteiger partial charge in [-0.05, 0) is 38.3 Å². The van der Waals surface area contributed by atoms with Crippen LogP contribution in [0.25, 0.3) is 0 Å². The van der Waals surface area contributed by atoms with Gasteiger partial charge >= 0.3 is 0 Å². The van der Waals surface area contributed by atoms with Gasteiger partial charge in [-0.2, -0.15) is 0 Å². The molecule has 1 aliphatic rings. The molecule has 21 heavy (non-hydrogen) atoms. The fraction of sp³-hybridized carbons (Fsp3) is 0.625. The van der Waals surface area contributed by atoms with Gasteiger partial charge in [-0.25, -0.2) is 4.98 Å². The number of hydrogen-bond acceptors (Lipinski definition) is 4. The number of nitrogens with zero attached hydrogens (tertiary/aromatic N) is 2. The number of hydrogen-bond donors (Lipinski definition) is 1. The smallest absolute Gasteiger partial charge is 0.223 e. The SMILES string of the molecule is COCCCNC(=O)C1CCN(c2cccc(C)n2)CC1. The molecule has 0 spiro atoms. The lowest BCUT2D eigenvalue weighted by atomic mass is 9.96. The monoisotopic (exact) mass is 291 g/mol. The first-order valence-corrected chi connectivity index (χ1v) is 7.66. The van der Waals surface area contributed by atoms with Crippen LogP contribution in [0, 0.1) is 12.8 Å². The summed E-state index contributed by atoms with van der Waals surface area (Å²) in [5, 5.41) is 3.00. The number of pyridine rings is 1. The van der Waals surface area contributed by atoms with Crippen LogP contribution >= 0.6 is 0 Å². The molecule has 0 radical (unpaired) electrons. The summed E-state index contributed by atoms with van der Waals surface area (Å²) in [6, 6.07) is 6.08. The molecule has 2 rings (SSSR count). The standard InChI is InChI=1S/C16H25N3O2/c1-13-5-3-6-15(18-13)19-10-7-14(8-11-19)16(20)17-9-4-12-21-2/h3,5-6,14H,4,7-12H2,1-2H3,(H,17,20). The number of aromatic nitrogens is 1. The van der Waals surface area contributed by atoms with Crippen molar-refractivity contribution in [3.05, 3.63) is 23.9 Å². The molecule has 0 atom stereocenters. The molecular formula is C16H25N3O2. The predicted molar refractivity (Wildman–Crippen MR) is 83.4 cm³/mol. The molecule has 1 aliphatic heterocycles. The van der Waals surface area contributed by atoms with Gasteiger partial charge in [0.15, 0.2) is 0 Å². The quantitative estimate of drug-likeness (QED) is 0.812. The Bertz CT molecular complexity index is 457. The third-order valence-electron chi connectivity index (χ3n) is 3.89. The van der Waals surface area contributed by atoms with Gasteiger partial charge in [0, 0.05) is 45.0 Å². The normalized spacial score (nSPS) is 16.0. The van der Waals surface area contributed by atoms with Gasteiger partial charge in [0.25, 0.3) is 0 Å². The number of carbonyl (C=O) groups excluding carboxylic acids is 1. The van der Waals surface area contributed by atoms with Crippen molar-refractivity contribution < 1.29 is 9.53 Å². The highest BCUT2D eigenvalue weighted by Gasteiger charge is 2.25. The molecule has 5 nitrogen and oxygen atoms in total. The van der Waals surface area contributed by atoms with E-state index < -0.39 is 0 Å². The second-order valence-electron chi connectivity index (χ2n) is 5.54. The van der Waals surface area contributed by atoms with E-state index in [1.807, 2.05) is 25.1 Å². The third kappa shape index (κ3) is 4.70. The summed E-state index contributed by atoms with van der Waals surface area (Å²) in [5.41, 5.74) is 1.03. The summed E-state index contributed by atoms with van der Waals surface area (Å²) in [5.74, 6) is 1.34. The third-order valence-corrected chi connectivity index (χ3v) is 3.89. The Hall–Kier alpha value is -1.62. The van der Waals surface area contributed by atoms with Crippen LogP contribution in [0.4, 0.5) is 5.82 Å². The summed E-state index contributed by atoms with van der Waals surface area (Å²) < 4.78 is 4.98. The van der Waals surface area contributed by atoms with Crippen molar-refractivity contribution in [3.63, 3.8) is 0 Å². The van der Waals surface area contributed by atoms with E-state index in [-0.39, 0.29) is 11.8 Å². The topological polar surface area (TPSA) is 54.5 Å². The maximum atomic E-state index is 12.1. The zero-order valence-electron chi connectivity index (χ0n) is 13.0. The van der Waals surface area contributed by atoms with Crippen LogP contribution in [0.5, 0.6) is 0 Å². The Morgan fingerprint density at radius 2 is 2.19 bits per heavy atom. The molecule has 1 aromatic heterocycles. The van der Waals surface area contributed by atoms with Crippen LogP contribution < -0.4 is 10.2 Å². The van der Waals surface area contributed by atoms with Crippen LogP contribution in [-0.4, -0.2) is 44.2 Å². The molecule has 0 aliphatic carbocycles. The fourth-order valence-corrected chi connectivity index (χ4v) is 2.65. The second-order valence-corrected chi connectivity index (χ2v) is 5.54. The Kier molecular flexibility index (Phi) is 5.99. The molecule has 0 bridgehead atoms. The van der Waals surface area contributed by atoms with Crippen molar-refractivity contribution in [2.75, 3.05) is 38.3 Å². The number of rotatable bonds is 6. The van der Waals surface area contributed by atoms with Gasteiger partial charge in [0.2, 0.25) is 5.91 Å². The van der Waals surface area contributed by atoms with Crippen molar-refractivity contribution in [3.8, 4) is 0 Å². The molecule has 1 saturated heterocycles. The minimum absolute atomic E-state index is 0.133. The number of methoxy groups -OCH3 is 1. The Labute approximate surface area is 126 Å². The van der Waals surface area contributed by atoms with Gasteiger partial charge in [-0.1, -0.05) is 6.07 Å². The van der Waals surface area contributed by atoms with Gasteiger partial charge in [-0.3, -0.25) is 4.79 Å². The highest BCUT2D eigenvalue weighted by molar-refractivity contribution is 5.78. The molecule has 0 unspecified atom stereocenters. The maximum absolute atomic E-state index is 12.1. The first-order valence-electron chi connectivity index (χ1n) is 7.66. The van der Waals surface area contributed by atoms with E-state index in [1.165, 1.54) is 0 Å². The summed E-state index contributed by atoms with van der Waals surface area (Å²) in [6.07, 6.45) is 2.66. The molecule has 5 heteroatoms. The average molecular weight is 291 g/mol. The molecule has 2 heterocycles. The highest BCUT2D eigenvalue weighted by atomic mass is 16.5. The van der Waals surface area contributed by atoms with E-state index in [4.69, 9.17) is 4.74 Å². The van der Waals surface area contributed by atoms with Crippen LogP contribution in [0.3, 0.4) is 0 Å². The molecule has 1 N–H and O–H groups in total. The van der Waals surface area contributed by atoms with Crippen LogP contribution in [0.2, 0.25) is 0 Å². The van der Waals surface area contributed by atoms with Crippen molar-refractivity contribution >= 4 is 11.7 Å². The first kappa shape index (κ1) is 15.8. The Morgan fingerprint density at radius 3 is 2.86 bits per heavy atom. The maximum Gasteiger partial charge on any atom is 0.223 e. The van der Waals surface area contributed by atoms with E-state index in [2.05, 4.69) is 15.2 Å². The molecule has 1 fully saturated rings. The van der Waals surface area contributed by atoms with E-state index in [9.17, 15) is 4.79 Å². The Balaban J connectivity index is 1.76. The van der Waals surface area contributed by atoms with E-state index in [1.54, 1.807) is 7.11 Å². The molecule has 1 amide bonds. The van der Waals surface area contributed by atoms with Crippen molar-refractivity contribution in [2.24, 2.45) is 5.92 Å². The lowest BCUT2D eigenvalue weighted by Gasteiger charge is -2.32. The lowest BCUT2D eigenvalue weighted by Crippen LogP contribution is -2.41. The number of carbonyl (C=O) groups is 1. The molecule has 0 saturated carbocycles. The second kappa shape index (κ2) is 7.98. The van der Waals surface area contributed by atoms with Crippen molar-refractivity contribution in [2.45, 2.75) is 26.2 Å². The molecule has 116 valence electrons. The number of piperidine rings is 1. The average Bonchev–Trinajstić information content (AvgIpc) is 2.51. The molecule has 0 aromatic carbocycles. The highest BCUT2D eigenvalue weighted by Crippen LogP contribution is 2.22. The summed E-state index contributed by atoms with van der Waals surface area (Å²) >= 11 is 0. The van der Waals surface area contributed by atoms with Crippen LogP contribution in [0.15, 0.2) is 18.2 Å². The van der Waals surface area contributed by atoms with Crippen LogP contribution in [-0.2, 0) is 9.53 Å². The Morgan fingerprint density at radius 1 is 1.43 bits per heavy atom. The zero-order valence-corrected chi connectivity index (χ0v) is 13.0. The summed E-state index contributed by atoms with van der Waals surface area (Å²) in [6.45, 7) is 5.19. The van der Waals surface area contributed by atoms with Crippen molar-refractivity contribution in [1.82, 2.24) is 10.3 Å². The summed E-state index contributed by atoms with van der Waals surface area (Å²) in [7, 11) is 1.68. The largest absolute Gasteiger partial charge is 0.385 e. The number of amides is 1. The summed E-state index contributed by atoms with van der Waals surface area (Å²) in [4.78, 5) is 18.9. The van der Waals surface area contributed by atoms with Crippen LogP contribution in [0.1, 0.15) is 25.0 Å². The number of aryl methyl sites for hydroxylation is 1. The minimum Gasteiger partial charge on any atom is -0.385 e. The number of nitrogens with one attached hydrogen (secondary N) is 1. The number of ether oxygens (including phenoxy) is 1. The van der Waals surface area contributed by atoms with Gasteiger partial charge in [-0.15, -0.1) is 0 Å². The van der Waals surface area contributed by atoms with E-state index >= 15 is 0 Å². The van der Waals surface area contributed by atoms with E-state index in [0.717, 1.165) is 43.9 Å². The van der Waals surface area contributed by atoms with Crippen molar-refractivity contribution in [1.29, 1.82) is 0 Å². The van der Waals surface area contributed by atoms with Gasteiger partial charge < -0.3 is 15.0 Å². The molecular weight excluding hydrogens is 266 g/mol. The van der Waals surface area contributed by atoms with Gasteiger partial charge in [0.05, 0.1) is 0 Å². The van der Waals surface area contributed by atoms with E-state index in [0.29, 0.717) is 13.2 Å². The predicted octanol–water partition coefficient (Wildman–Crippen LogP) is 1.76. The molecule has 1 aromatic rings. The zero-order chi connectivity index (χ0) is 15.1. The first-order chi connectivity index (χ1) is 10.2. The fourth-order valence-electron chi connectivity index (χ4n) is 2.65. The van der Waals surface area contributed by atoms with Gasteiger partial charge in [0.1, 0.15) is 5.82 Å². The number of anilines is 1.